The van der Waals surface area contributed by atoms with Crippen molar-refractivity contribution in [2.75, 3.05) is 32.9 Å². The maximum atomic E-state index is 12.7. The highest BCUT2D eigenvalue weighted by Gasteiger charge is 2.24. The van der Waals surface area contributed by atoms with Gasteiger partial charge in [0, 0.05) is 25.3 Å². The van der Waals surface area contributed by atoms with Crippen molar-refractivity contribution >= 4 is 11.9 Å². The quantitative estimate of drug-likeness (QED) is 0.773. The van der Waals surface area contributed by atoms with E-state index in [1.807, 2.05) is 13.8 Å². The molecular formula is C18H25NO6. The summed E-state index contributed by atoms with van der Waals surface area (Å²) in [6.45, 7) is 5.72. The minimum absolute atomic E-state index is 0.0688. The van der Waals surface area contributed by atoms with Crippen LogP contribution in [0.15, 0.2) is 18.2 Å². The van der Waals surface area contributed by atoms with Crippen LogP contribution in [0, 0.1) is 0 Å². The number of aliphatic carboxylic acids is 1. The normalized spacial score (nSPS) is 15.0. The summed E-state index contributed by atoms with van der Waals surface area (Å²) in [4.78, 5) is 25.2. The zero-order valence-corrected chi connectivity index (χ0v) is 14.7. The second-order valence-electron chi connectivity index (χ2n) is 5.72. The summed E-state index contributed by atoms with van der Waals surface area (Å²) in [6, 6.07) is 4.82. The number of rotatable bonds is 8. The second-order valence-corrected chi connectivity index (χ2v) is 5.72. The van der Waals surface area contributed by atoms with E-state index in [4.69, 9.17) is 19.3 Å². The Kier molecular flexibility index (Phi) is 7.06. The van der Waals surface area contributed by atoms with Crippen LogP contribution in [-0.2, 0) is 9.53 Å². The number of hydrogen-bond donors (Lipinski definition) is 1. The molecule has 7 heteroatoms. The lowest BCUT2D eigenvalue weighted by atomic mass is 10.1. The van der Waals surface area contributed by atoms with Gasteiger partial charge in [0.05, 0.1) is 12.7 Å². The number of ether oxygens (including phenoxy) is 3. The number of hydrogen-bond acceptors (Lipinski definition) is 5. The lowest BCUT2D eigenvalue weighted by Gasteiger charge is -2.32. The van der Waals surface area contributed by atoms with Crippen molar-refractivity contribution in [3.63, 3.8) is 0 Å². The van der Waals surface area contributed by atoms with Crippen LogP contribution in [0.2, 0.25) is 0 Å². The molecule has 1 aliphatic rings. The minimum atomic E-state index is -1.07. The van der Waals surface area contributed by atoms with E-state index in [1.54, 1.807) is 23.1 Å². The molecule has 0 unspecified atom stereocenters. The Hall–Kier alpha value is -2.28. The Balaban J connectivity index is 2.06. The first-order valence-electron chi connectivity index (χ1n) is 8.57. The Morgan fingerprint density at radius 1 is 1.12 bits per heavy atom. The number of piperidine rings is 1. The van der Waals surface area contributed by atoms with Crippen molar-refractivity contribution < 1.29 is 28.9 Å². The Morgan fingerprint density at radius 2 is 1.84 bits per heavy atom. The van der Waals surface area contributed by atoms with Crippen molar-refractivity contribution in [1.29, 1.82) is 0 Å². The van der Waals surface area contributed by atoms with Crippen molar-refractivity contribution in [3.8, 4) is 11.5 Å². The molecule has 1 amide bonds. The molecule has 1 heterocycles. The van der Waals surface area contributed by atoms with Gasteiger partial charge in [-0.25, -0.2) is 4.79 Å². The van der Waals surface area contributed by atoms with Crippen LogP contribution < -0.4 is 9.47 Å². The number of benzene rings is 1. The van der Waals surface area contributed by atoms with Crippen molar-refractivity contribution in [1.82, 2.24) is 4.90 Å². The molecule has 0 aromatic heterocycles. The maximum absolute atomic E-state index is 12.7. The highest BCUT2D eigenvalue weighted by molar-refractivity contribution is 5.95. The van der Waals surface area contributed by atoms with Gasteiger partial charge < -0.3 is 24.2 Å². The third-order valence-corrected chi connectivity index (χ3v) is 3.97. The molecule has 1 N–H and O–H groups in total. The number of carboxylic acid groups (broad SMARTS) is 1. The largest absolute Gasteiger partial charge is 0.490 e. The van der Waals surface area contributed by atoms with Crippen LogP contribution in [0.25, 0.3) is 0 Å². The van der Waals surface area contributed by atoms with Gasteiger partial charge in [-0.3, -0.25) is 4.79 Å². The van der Waals surface area contributed by atoms with Gasteiger partial charge in [-0.05, 0) is 44.9 Å². The molecule has 0 radical (unpaired) electrons. The highest BCUT2D eigenvalue weighted by atomic mass is 16.5. The predicted molar refractivity (Wildman–Crippen MR) is 91.3 cm³/mol. The Bertz CT molecular complexity index is 595. The molecule has 1 aromatic carbocycles. The molecule has 0 saturated carbocycles. The summed E-state index contributed by atoms with van der Waals surface area (Å²) in [7, 11) is 0. The average molecular weight is 351 g/mol. The monoisotopic (exact) mass is 351 g/mol. The molecule has 1 aromatic rings. The fraction of sp³-hybridized carbons (Fsp3) is 0.556. The fourth-order valence-corrected chi connectivity index (χ4v) is 2.81. The number of carboxylic acids is 1. The molecule has 0 spiro atoms. The number of carbonyl (C=O) groups excluding carboxylic acids is 1. The molecule has 138 valence electrons. The van der Waals surface area contributed by atoms with E-state index in [2.05, 4.69) is 0 Å². The molecule has 7 nitrogen and oxygen atoms in total. The van der Waals surface area contributed by atoms with E-state index in [0.29, 0.717) is 43.4 Å². The molecule has 0 bridgehead atoms. The van der Waals surface area contributed by atoms with Gasteiger partial charge >= 0.3 is 5.97 Å². The van der Waals surface area contributed by atoms with Crippen molar-refractivity contribution in [2.45, 2.75) is 32.8 Å². The minimum Gasteiger partial charge on any atom is -0.490 e. The average Bonchev–Trinajstić information content (AvgIpc) is 2.61. The first kappa shape index (κ1) is 19.1. The molecule has 0 atom stereocenters. The van der Waals surface area contributed by atoms with Crippen LogP contribution in [0.1, 0.15) is 37.0 Å². The van der Waals surface area contributed by atoms with Gasteiger partial charge in [-0.1, -0.05) is 0 Å². The summed E-state index contributed by atoms with van der Waals surface area (Å²) in [5, 5.41) is 8.73. The Labute approximate surface area is 147 Å². The Morgan fingerprint density at radius 3 is 2.44 bits per heavy atom. The lowest BCUT2D eigenvalue weighted by molar-refractivity contribution is -0.139. The molecule has 1 fully saturated rings. The summed E-state index contributed by atoms with van der Waals surface area (Å²) in [6.07, 6.45) is 1.88. The van der Waals surface area contributed by atoms with Gasteiger partial charge in [-0.15, -0.1) is 0 Å². The van der Waals surface area contributed by atoms with Gasteiger partial charge in [0.15, 0.2) is 18.1 Å². The third kappa shape index (κ3) is 5.35. The lowest BCUT2D eigenvalue weighted by Crippen LogP contribution is -2.40. The predicted octanol–water partition coefficient (Wildman–Crippen LogP) is 2.19. The molecule has 1 aliphatic heterocycles. The van der Waals surface area contributed by atoms with Crippen LogP contribution in [0.4, 0.5) is 0 Å². The standard InChI is InChI=1S/C18H25NO6/c1-3-23-14-7-9-19(10-8-14)18(22)13-5-6-15(25-12-17(20)21)16(11-13)24-4-2/h5-6,11,14H,3-4,7-10,12H2,1-2H3,(H,20,21). The number of carbonyl (C=O) groups is 2. The first-order chi connectivity index (χ1) is 12.0. The van der Waals surface area contributed by atoms with Crippen LogP contribution in [0.3, 0.4) is 0 Å². The molecule has 1 saturated heterocycles. The second kappa shape index (κ2) is 9.27. The first-order valence-corrected chi connectivity index (χ1v) is 8.57. The van der Waals surface area contributed by atoms with Crippen molar-refractivity contribution in [2.24, 2.45) is 0 Å². The van der Waals surface area contributed by atoms with E-state index in [9.17, 15) is 9.59 Å². The zero-order valence-electron chi connectivity index (χ0n) is 14.7. The van der Waals surface area contributed by atoms with Crippen LogP contribution in [0.5, 0.6) is 11.5 Å². The number of likely N-dealkylation sites (tertiary alicyclic amines) is 1. The summed E-state index contributed by atoms with van der Waals surface area (Å²) in [5.74, 6) is -0.449. The van der Waals surface area contributed by atoms with E-state index >= 15 is 0 Å². The topological polar surface area (TPSA) is 85.3 Å². The SMILES string of the molecule is CCOc1cc(C(=O)N2CCC(OCC)CC2)ccc1OCC(=O)O. The van der Waals surface area contributed by atoms with Gasteiger partial charge in [0.1, 0.15) is 0 Å². The zero-order chi connectivity index (χ0) is 18.2. The van der Waals surface area contributed by atoms with Crippen LogP contribution in [-0.4, -0.2) is 60.9 Å². The maximum Gasteiger partial charge on any atom is 0.341 e. The highest BCUT2D eigenvalue weighted by Crippen LogP contribution is 2.29. The number of nitrogens with zero attached hydrogens (tertiary/aromatic N) is 1. The van der Waals surface area contributed by atoms with E-state index < -0.39 is 12.6 Å². The molecule has 25 heavy (non-hydrogen) atoms. The van der Waals surface area contributed by atoms with E-state index in [1.165, 1.54) is 0 Å². The van der Waals surface area contributed by atoms with Gasteiger partial charge in [0.25, 0.3) is 5.91 Å². The fourth-order valence-electron chi connectivity index (χ4n) is 2.81. The van der Waals surface area contributed by atoms with E-state index in [-0.39, 0.29) is 12.0 Å². The number of amides is 1. The summed E-state index contributed by atoms with van der Waals surface area (Å²) < 4.78 is 16.3. The summed E-state index contributed by atoms with van der Waals surface area (Å²) >= 11 is 0. The van der Waals surface area contributed by atoms with Gasteiger partial charge in [-0.2, -0.15) is 0 Å². The molecular weight excluding hydrogens is 326 g/mol. The van der Waals surface area contributed by atoms with Gasteiger partial charge in [0.2, 0.25) is 0 Å². The summed E-state index contributed by atoms with van der Waals surface area (Å²) in [5.41, 5.74) is 0.501. The molecule has 2 rings (SSSR count). The smallest absolute Gasteiger partial charge is 0.341 e. The molecule has 0 aliphatic carbocycles. The van der Waals surface area contributed by atoms with Crippen LogP contribution >= 0.6 is 0 Å². The van der Waals surface area contributed by atoms with E-state index in [0.717, 1.165) is 12.8 Å². The van der Waals surface area contributed by atoms with Crippen molar-refractivity contribution in [3.05, 3.63) is 23.8 Å². The third-order valence-electron chi connectivity index (χ3n) is 3.97.